The van der Waals surface area contributed by atoms with Crippen molar-refractivity contribution < 1.29 is 13.2 Å². The molecule has 0 saturated heterocycles. The van der Waals surface area contributed by atoms with E-state index in [4.69, 9.17) is 5.84 Å². The van der Waals surface area contributed by atoms with Gasteiger partial charge in [0.25, 0.3) is 0 Å². The van der Waals surface area contributed by atoms with Gasteiger partial charge in [0.1, 0.15) is 0 Å². The van der Waals surface area contributed by atoms with Crippen molar-refractivity contribution in [3.05, 3.63) is 0 Å². The van der Waals surface area contributed by atoms with Crippen molar-refractivity contribution in [1.82, 2.24) is 5.43 Å². The lowest BCUT2D eigenvalue weighted by Gasteiger charge is -2.29. The monoisotopic (exact) mass is 238 g/mol. The second kappa shape index (κ2) is 6.45. The number of nitrogens with two attached hydrogens (primary N) is 1. The van der Waals surface area contributed by atoms with Crippen molar-refractivity contribution in [3.63, 3.8) is 0 Å². The zero-order valence-electron chi connectivity index (χ0n) is 9.52. The van der Waals surface area contributed by atoms with Crippen LogP contribution in [0.15, 0.2) is 0 Å². The Hall–Kier alpha value is -0.290. The minimum atomic E-state index is -4.04. The summed E-state index contributed by atoms with van der Waals surface area (Å²) in [4.78, 5) is 0. The van der Waals surface area contributed by atoms with E-state index in [1.54, 1.807) is 0 Å². The van der Waals surface area contributed by atoms with Gasteiger partial charge in [-0.05, 0) is 31.6 Å². The molecule has 0 radical (unpaired) electrons. The summed E-state index contributed by atoms with van der Waals surface area (Å²) in [5, 5.41) is 0. The zero-order valence-corrected chi connectivity index (χ0v) is 9.52. The molecule has 16 heavy (non-hydrogen) atoms. The third-order valence-corrected chi connectivity index (χ3v) is 3.41. The Morgan fingerprint density at radius 1 is 1.19 bits per heavy atom. The topological polar surface area (TPSA) is 38.0 Å². The Balaban J connectivity index is 2.25. The average Bonchev–Trinajstić information content (AvgIpc) is 2.24. The molecule has 96 valence electrons. The van der Waals surface area contributed by atoms with Crippen LogP contribution in [0.3, 0.4) is 0 Å². The van der Waals surface area contributed by atoms with E-state index in [-0.39, 0.29) is 12.5 Å². The smallest absolute Gasteiger partial charge is 0.271 e. The maximum Gasteiger partial charge on any atom is 0.389 e. The first-order valence-electron chi connectivity index (χ1n) is 6.06. The fraction of sp³-hybridized carbons (Fsp3) is 1.00. The molecule has 0 aliphatic heterocycles. The number of hydrogen-bond acceptors (Lipinski definition) is 2. The molecule has 3 N–H and O–H groups in total. The molecule has 1 unspecified atom stereocenters. The SMILES string of the molecule is NNC(CCCC(F)(F)F)C1CCCCC1. The van der Waals surface area contributed by atoms with Crippen LogP contribution >= 0.6 is 0 Å². The van der Waals surface area contributed by atoms with Gasteiger partial charge in [0.2, 0.25) is 0 Å². The number of hydrazine groups is 1. The van der Waals surface area contributed by atoms with E-state index in [0.29, 0.717) is 12.3 Å². The molecule has 0 aromatic rings. The fourth-order valence-corrected chi connectivity index (χ4v) is 2.51. The number of alkyl halides is 3. The maximum absolute atomic E-state index is 12.0. The van der Waals surface area contributed by atoms with Crippen LogP contribution in [-0.2, 0) is 0 Å². The number of halogens is 3. The highest BCUT2D eigenvalue weighted by Gasteiger charge is 2.28. The van der Waals surface area contributed by atoms with E-state index >= 15 is 0 Å². The fourth-order valence-electron chi connectivity index (χ4n) is 2.51. The maximum atomic E-state index is 12.0. The van der Waals surface area contributed by atoms with Gasteiger partial charge < -0.3 is 0 Å². The molecule has 0 aromatic carbocycles. The quantitative estimate of drug-likeness (QED) is 0.570. The van der Waals surface area contributed by atoms with Crippen molar-refractivity contribution >= 4 is 0 Å². The first-order valence-corrected chi connectivity index (χ1v) is 6.06. The third-order valence-electron chi connectivity index (χ3n) is 3.41. The first-order chi connectivity index (χ1) is 7.53. The van der Waals surface area contributed by atoms with E-state index in [9.17, 15) is 13.2 Å². The summed E-state index contributed by atoms with van der Waals surface area (Å²) in [6, 6.07) is 0.0580. The van der Waals surface area contributed by atoms with E-state index in [1.165, 1.54) is 19.3 Å². The second-order valence-corrected chi connectivity index (χ2v) is 4.68. The number of rotatable bonds is 5. The average molecular weight is 238 g/mol. The summed E-state index contributed by atoms with van der Waals surface area (Å²) in [6.45, 7) is 0. The summed E-state index contributed by atoms with van der Waals surface area (Å²) >= 11 is 0. The molecule has 1 aliphatic carbocycles. The minimum absolute atomic E-state index is 0.0580. The lowest BCUT2D eigenvalue weighted by molar-refractivity contribution is -0.136. The van der Waals surface area contributed by atoms with Gasteiger partial charge in [-0.2, -0.15) is 13.2 Å². The number of hydrogen-bond donors (Lipinski definition) is 2. The van der Waals surface area contributed by atoms with Crippen LogP contribution in [0.25, 0.3) is 0 Å². The second-order valence-electron chi connectivity index (χ2n) is 4.68. The van der Waals surface area contributed by atoms with Crippen molar-refractivity contribution in [2.45, 2.75) is 63.6 Å². The third kappa shape index (κ3) is 5.16. The van der Waals surface area contributed by atoms with Crippen molar-refractivity contribution in [3.8, 4) is 0 Å². The summed E-state index contributed by atoms with van der Waals surface area (Å²) in [5.74, 6) is 5.89. The Morgan fingerprint density at radius 3 is 2.31 bits per heavy atom. The summed E-state index contributed by atoms with van der Waals surface area (Å²) < 4.78 is 36.0. The lowest BCUT2D eigenvalue weighted by atomic mass is 9.82. The Bertz CT molecular complexity index is 188. The molecule has 0 spiro atoms. The van der Waals surface area contributed by atoms with Crippen LogP contribution in [0, 0.1) is 5.92 Å². The predicted molar refractivity (Wildman–Crippen MR) is 57.6 cm³/mol. The van der Waals surface area contributed by atoms with Gasteiger partial charge in [0.15, 0.2) is 0 Å². The van der Waals surface area contributed by atoms with Crippen molar-refractivity contribution in [2.24, 2.45) is 11.8 Å². The van der Waals surface area contributed by atoms with Crippen LogP contribution in [0.1, 0.15) is 51.4 Å². The van der Waals surface area contributed by atoms with Crippen LogP contribution in [0.2, 0.25) is 0 Å². The molecule has 1 atom stereocenters. The van der Waals surface area contributed by atoms with Gasteiger partial charge in [-0.15, -0.1) is 0 Å². The highest BCUT2D eigenvalue weighted by molar-refractivity contribution is 4.78. The van der Waals surface area contributed by atoms with Gasteiger partial charge in [0.05, 0.1) is 0 Å². The van der Waals surface area contributed by atoms with Crippen LogP contribution < -0.4 is 11.3 Å². The number of nitrogens with one attached hydrogen (secondary N) is 1. The molecule has 2 nitrogen and oxygen atoms in total. The minimum Gasteiger partial charge on any atom is -0.271 e. The summed E-state index contributed by atoms with van der Waals surface area (Å²) in [5.41, 5.74) is 2.69. The van der Waals surface area contributed by atoms with Gasteiger partial charge in [-0.25, -0.2) is 0 Å². The highest BCUT2D eigenvalue weighted by atomic mass is 19.4. The van der Waals surface area contributed by atoms with E-state index < -0.39 is 12.6 Å². The normalized spacial score (nSPS) is 21.0. The largest absolute Gasteiger partial charge is 0.389 e. The van der Waals surface area contributed by atoms with Gasteiger partial charge in [-0.3, -0.25) is 11.3 Å². The van der Waals surface area contributed by atoms with Crippen molar-refractivity contribution in [2.75, 3.05) is 0 Å². The van der Waals surface area contributed by atoms with Crippen LogP contribution in [0.4, 0.5) is 13.2 Å². The van der Waals surface area contributed by atoms with Gasteiger partial charge >= 0.3 is 6.18 Å². The highest BCUT2D eigenvalue weighted by Crippen LogP contribution is 2.29. The van der Waals surface area contributed by atoms with Crippen molar-refractivity contribution in [1.29, 1.82) is 0 Å². The molecule has 1 fully saturated rings. The summed E-state index contributed by atoms with van der Waals surface area (Å²) in [6.07, 6.45) is 1.78. The molecule has 1 saturated carbocycles. The Morgan fingerprint density at radius 2 is 1.81 bits per heavy atom. The first kappa shape index (κ1) is 13.8. The molecule has 0 heterocycles. The molecule has 0 aromatic heterocycles. The Labute approximate surface area is 94.7 Å². The summed E-state index contributed by atoms with van der Waals surface area (Å²) in [7, 11) is 0. The molecular formula is C11H21F3N2. The van der Waals surface area contributed by atoms with Gasteiger partial charge in [-0.1, -0.05) is 19.3 Å². The van der Waals surface area contributed by atoms with E-state index in [1.807, 2.05) is 0 Å². The predicted octanol–water partition coefficient (Wildman–Crippen LogP) is 3.13. The molecule has 0 amide bonds. The van der Waals surface area contributed by atoms with Crippen LogP contribution in [-0.4, -0.2) is 12.2 Å². The zero-order chi connectivity index (χ0) is 12.0. The molecular weight excluding hydrogens is 217 g/mol. The molecule has 1 rings (SSSR count). The lowest BCUT2D eigenvalue weighted by Crippen LogP contribution is -2.41. The molecule has 0 bridgehead atoms. The van der Waals surface area contributed by atoms with Gasteiger partial charge in [0, 0.05) is 12.5 Å². The molecule has 5 heteroatoms. The Kier molecular flexibility index (Phi) is 5.55. The van der Waals surface area contributed by atoms with E-state index in [0.717, 1.165) is 12.8 Å². The van der Waals surface area contributed by atoms with E-state index in [2.05, 4.69) is 5.43 Å². The standard InChI is InChI=1S/C11H21F3N2/c12-11(13,14)8-4-7-10(16-15)9-5-2-1-3-6-9/h9-10,16H,1-8,15H2. The van der Waals surface area contributed by atoms with Crippen LogP contribution in [0.5, 0.6) is 0 Å². The molecule has 1 aliphatic rings.